The molecule has 2 atom stereocenters. The fraction of sp³-hybridized carbons (Fsp3) is 0.333. The van der Waals surface area contributed by atoms with Crippen LogP contribution in [0.2, 0.25) is 0 Å². The molecule has 3 aromatic carbocycles. The first-order chi connectivity index (χ1) is 19.1. The quantitative estimate of drug-likeness (QED) is 0.332. The molecular weight excluding hydrogens is 530 g/mol. The molecular formula is C30H37N3O6S. The number of carbonyl (C=O) groups is 2. The van der Waals surface area contributed by atoms with Gasteiger partial charge in [0.1, 0.15) is 24.1 Å². The maximum atomic E-state index is 13.9. The lowest BCUT2D eigenvalue weighted by molar-refractivity contribution is -0.139. The number of nitrogens with one attached hydrogen (secondary N) is 1. The molecule has 0 unspecified atom stereocenters. The number of carbonyl (C=O) groups excluding carboxylic acids is 2. The van der Waals surface area contributed by atoms with Gasteiger partial charge in [-0.3, -0.25) is 13.9 Å². The second-order valence-electron chi connectivity index (χ2n) is 9.39. The van der Waals surface area contributed by atoms with Crippen LogP contribution in [0, 0.1) is 0 Å². The molecule has 0 saturated carbocycles. The maximum Gasteiger partial charge on any atom is 0.264 e. The van der Waals surface area contributed by atoms with Crippen molar-refractivity contribution in [1.29, 1.82) is 0 Å². The zero-order valence-corrected chi connectivity index (χ0v) is 24.4. The predicted octanol–water partition coefficient (Wildman–Crippen LogP) is 4.23. The number of hydrogen-bond acceptors (Lipinski definition) is 6. The highest BCUT2D eigenvalue weighted by atomic mass is 32.2. The number of benzene rings is 3. The van der Waals surface area contributed by atoms with Crippen LogP contribution in [0.5, 0.6) is 11.5 Å². The molecule has 0 heterocycles. The molecule has 1 N–H and O–H groups in total. The Morgan fingerprint density at radius 1 is 0.850 bits per heavy atom. The Morgan fingerprint density at radius 2 is 1.40 bits per heavy atom. The van der Waals surface area contributed by atoms with E-state index >= 15 is 0 Å². The van der Waals surface area contributed by atoms with E-state index in [4.69, 9.17) is 9.47 Å². The number of sulfonamides is 1. The molecule has 214 valence electrons. The van der Waals surface area contributed by atoms with Crippen molar-refractivity contribution in [2.45, 2.75) is 50.7 Å². The van der Waals surface area contributed by atoms with Gasteiger partial charge in [0.25, 0.3) is 10.0 Å². The Balaban J connectivity index is 1.99. The van der Waals surface area contributed by atoms with E-state index in [0.717, 1.165) is 16.3 Å². The van der Waals surface area contributed by atoms with Gasteiger partial charge in [0.15, 0.2) is 0 Å². The van der Waals surface area contributed by atoms with E-state index in [-0.39, 0.29) is 23.4 Å². The van der Waals surface area contributed by atoms with Crippen LogP contribution in [0.4, 0.5) is 5.69 Å². The van der Waals surface area contributed by atoms with E-state index in [1.807, 2.05) is 26.0 Å². The molecule has 0 saturated heterocycles. The largest absolute Gasteiger partial charge is 0.497 e. The minimum absolute atomic E-state index is 0.00854. The number of amides is 2. The fourth-order valence-electron chi connectivity index (χ4n) is 3.97. The first-order valence-electron chi connectivity index (χ1n) is 13.0. The summed E-state index contributed by atoms with van der Waals surface area (Å²) in [6.07, 6.45) is 0.729. The summed E-state index contributed by atoms with van der Waals surface area (Å²) in [4.78, 5) is 28.5. The van der Waals surface area contributed by atoms with Gasteiger partial charge in [-0.15, -0.1) is 0 Å². The van der Waals surface area contributed by atoms with Crippen molar-refractivity contribution in [3.05, 3.63) is 84.4 Å². The molecule has 0 aromatic heterocycles. The Labute approximate surface area is 236 Å². The summed E-state index contributed by atoms with van der Waals surface area (Å²) in [6.45, 7) is 5.08. The summed E-state index contributed by atoms with van der Waals surface area (Å²) in [6, 6.07) is 20.6. The van der Waals surface area contributed by atoms with Gasteiger partial charge in [-0.2, -0.15) is 0 Å². The molecule has 2 amide bonds. The van der Waals surface area contributed by atoms with Crippen molar-refractivity contribution in [2.75, 3.05) is 25.1 Å². The van der Waals surface area contributed by atoms with Crippen LogP contribution in [0.3, 0.4) is 0 Å². The average molecular weight is 568 g/mol. The number of rotatable bonds is 13. The summed E-state index contributed by atoms with van der Waals surface area (Å²) < 4.78 is 39.1. The molecule has 0 bridgehead atoms. The van der Waals surface area contributed by atoms with Crippen LogP contribution in [0.15, 0.2) is 83.8 Å². The Bertz CT molecular complexity index is 1360. The molecule has 3 aromatic rings. The van der Waals surface area contributed by atoms with Gasteiger partial charge in [-0.25, -0.2) is 8.42 Å². The molecule has 9 nitrogen and oxygen atoms in total. The number of methoxy groups -OCH3 is 2. The molecule has 0 spiro atoms. The number of para-hydroxylation sites is 1. The number of anilines is 1. The molecule has 10 heteroatoms. The van der Waals surface area contributed by atoms with E-state index in [2.05, 4.69) is 5.32 Å². The van der Waals surface area contributed by atoms with Crippen LogP contribution < -0.4 is 19.1 Å². The van der Waals surface area contributed by atoms with E-state index < -0.39 is 28.5 Å². The van der Waals surface area contributed by atoms with Gasteiger partial charge in [0, 0.05) is 12.6 Å². The third-order valence-electron chi connectivity index (χ3n) is 6.65. The number of ether oxygens (including phenoxy) is 2. The van der Waals surface area contributed by atoms with Crippen molar-refractivity contribution < 1.29 is 27.5 Å². The summed E-state index contributed by atoms with van der Waals surface area (Å²) in [5.74, 6) is 0.321. The van der Waals surface area contributed by atoms with E-state index in [1.165, 1.54) is 24.1 Å². The van der Waals surface area contributed by atoms with Crippen LogP contribution in [-0.4, -0.2) is 58.0 Å². The van der Waals surface area contributed by atoms with Crippen LogP contribution in [-0.2, 0) is 26.2 Å². The average Bonchev–Trinajstić information content (AvgIpc) is 2.98. The van der Waals surface area contributed by atoms with Gasteiger partial charge in [0.2, 0.25) is 11.8 Å². The third kappa shape index (κ3) is 7.53. The second kappa shape index (κ2) is 13.8. The molecule has 40 heavy (non-hydrogen) atoms. The molecule has 0 aliphatic heterocycles. The fourth-order valence-corrected chi connectivity index (χ4v) is 5.39. The van der Waals surface area contributed by atoms with Gasteiger partial charge in [0.05, 0.1) is 24.8 Å². The van der Waals surface area contributed by atoms with Crippen molar-refractivity contribution >= 4 is 27.5 Å². The summed E-state index contributed by atoms with van der Waals surface area (Å²) in [5, 5.41) is 2.92. The highest BCUT2D eigenvalue weighted by molar-refractivity contribution is 7.92. The molecule has 0 aliphatic carbocycles. The van der Waals surface area contributed by atoms with Crippen molar-refractivity contribution in [3.8, 4) is 11.5 Å². The topological polar surface area (TPSA) is 105 Å². The van der Waals surface area contributed by atoms with Gasteiger partial charge < -0.3 is 19.7 Å². The second-order valence-corrected chi connectivity index (χ2v) is 11.2. The Hall–Kier alpha value is -4.05. The first-order valence-corrected chi connectivity index (χ1v) is 14.5. The molecule has 0 fully saturated rings. The summed E-state index contributed by atoms with van der Waals surface area (Å²) >= 11 is 0. The third-order valence-corrected chi connectivity index (χ3v) is 8.44. The maximum absolute atomic E-state index is 13.9. The summed E-state index contributed by atoms with van der Waals surface area (Å²) in [5.41, 5.74) is 1.09. The number of hydrogen-bond donors (Lipinski definition) is 1. The highest BCUT2D eigenvalue weighted by Gasteiger charge is 2.32. The van der Waals surface area contributed by atoms with E-state index in [1.54, 1.807) is 68.6 Å². The van der Waals surface area contributed by atoms with Gasteiger partial charge in [-0.1, -0.05) is 37.3 Å². The molecule has 3 rings (SSSR count). The molecule has 0 aliphatic rings. The minimum Gasteiger partial charge on any atom is -0.497 e. The van der Waals surface area contributed by atoms with Gasteiger partial charge >= 0.3 is 0 Å². The standard InChI is InChI=1S/C30H37N3O6S/c1-6-22(2)31-30(35)23(3)32(20-24-12-14-26(38-4)15-13-24)29(34)21-33(25-10-8-7-9-11-25)40(36,37)28-18-16-27(39-5)17-19-28/h7-19,22-23H,6,20-21H2,1-5H3,(H,31,35)/t22-,23-/m0/s1. The predicted molar refractivity (Wildman–Crippen MR) is 155 cm³/mol. The zero-order valence-electron chi connectivity index (χ0n) is 23.5. The van der Waals surface area contributed by atoms with Crippen LogP contribution >= 0.6 is 0 Å². The number of nitrogens with zero attached hydrogens (tertiary/aromatic N) is 2. The van der Waals surface area contributed by atoms with Crippen LogP contribution in [0.1, 0.15) is 32.8 Å². The van der Waals surface area contributed by atoms with Crippen molar-refractivity contribution in [3.63, 3.8) is 0 Å². The highest BCUT2D eigenvalue weighted by Crippen LogP contribution is 2.26. The lowest BCUT2D eigenvalue weighted by Gasteiger charge is -2.32. The molecule has 0 radical (unpaired) electrons. The first kappa shape index (κ1) is 30.5. The van der Waals surface area contributed by atoms with E-state index in [9.17, 15) is 18.0 Å². The van der Waals surface area contributed by atoms with Gasteiger partial charge in [-0.05, 0) is 74.4 Å². The van der Waals surface area contributed by atoms with Crippen molar-refractivity contribution in [1.82, 2.24) is 10.2 Å². The smallest absolute Gasteiger partial charge is 0.264 e. The lowest BCUT2D eigenvalue weighted by Crippen LogP contribution is -2.52. The SMILES string of the molecule is CC[C@H](C)NC(=O)[C@H](C)N(Cc1ccc(OC)cc1)C(=O)CN(c1ccccc1)S(=O)(=O)c1ccc(OC)cc1. The Morgan fingerprint density at radius 3 is 1.93 bits per heavy atom. The normalized spacial score (nSPS) is 12.6. The van der Waals surface area contributed by atoms with E-state index in [0.29, 0.717) is 17.2 Å². The van der Waals surface area contributed by atoms with Crippen LogP contribution in [0.25, 0.3) is 0 Å². The zero-order chi connectivity index (χ0) is 29.3. The van der Waals surface area contributed by atoms with Crippen molar-refractivity contribution in [2.24, 2.45) is 0 Å². The minimum atomic E-state index is -4.15. The summed E-state index contributed by atoms with van der Waals surface area (Å²) in [7, 11) is -1.09. The lowest BCUT2D eigenvalue weighted by atomic mass is 10.1. The monoisotopic (exact) mass is 567 g/mol. The Kier molecular flexibility index (Phi) is 10.6.